The third kappa shape index (κ3) is 3.71. The molecular weight excluding hydrogens is 380 g/mol. The van der Waals surface area contributed by atoms with Crippen LogP contribution in [0.15, 0.2) is 29.3 Å². The summed E-state index contributed by atoms with van der Waals surface area (Å²) in [5, 5.41) is 23.9. The number of nitrogens with two attached hydrogens (primary N) is 2. The average Bonchev–Trinajstić information content (AvgIpc) is 3.26. The number of guanidine groups is 1. The van der Waals surface area contributed by atoms with E-state index in [1.54, 1.807) is 0 Å². The molecule has 1 aliphatic carbocycles. The number of aromatic nitrogens is 1. The van der Waals surface area contributed by atoms with E-state index in [4.69, 9.17) is 21.5 Å². The lowest BCUT2D eigenvalue weighted by Gasteiger charge is -2.26. The Bertz CT molecular complexity index is 1080. The number of nitriles is 2. The van der Waals surface area contributed by atoms with Gasteiger partial charge in [-0.2, -0.15) is 10.5 Å². The second kappa shape index (κ2) is 8.27. The number of hydrogen-bond acceptors (Lipinski definition) is 9. The van der Waals surface area contributed by atoms with Gasteiger partial charge in [-0.15, -0.1) is 0 Å². The van der Waals surface area contributed by atoms with Gasteiger partial charge in [0.1, 0.15) is 29.3 Å². The van der Waals surface area contributed by atoms with E-state index < -0.39 is 6.04 Å². The zero-order chi connectivity index (χ0) is 21.1. The molecule has 152 valence electrons. The highest BCUT2D eigenvalue weighted by molar-refractivity contribution is 5.98. The van der Waals surface area contributed by atoms with Crippen LogP contribution in [0.4, 0.5) is 17.3 Å². The molecule has 4 rings (SSSR count). The van der Waals surface area contributed by atoms with Crippen LogP contribution in [0.25, 0.3) is 0 Å². The Morgan fingerprint density at radius 2 is 2.03 bits per heavy atom. The Labute approximate surface area is 174 Å². The molecule has 1 aromatic heterocycles. The van der Waals surface area contributed by atoms with Crippen LogP contribution in [0.2, 0.25) is 0 Å². The van der Waals surface area contributed by atoms with E-state index >= 15 is 0 Å². The summed E-state index contributed by atoms with van der Waals surface area (Å²) in [6, 6.07) is 9.32. The van der Waals surface area contributed by atoms with Gasteiger partial charge in [0, 0.05) is 5.56 Å². The Balaban J connectivity index is 1.71. The predicted octanol–water partition coefficient (Wildman–Crippen LogP) is 2.52. The Morgan fingerprint density at radius 1 is 1.23 bits per heavy atom. The van der Waals surface area contributed by atoms with Crippen LogP contribution in [-0.2, 0) is 11.3 Å². The lowest BCUT2D eigenvalue weighted by molar-refractivity contribution is 0.0456. The summed E-state index contributed by atoms with van der Waals surface area (Å²) >= 11 is 0. The van der Waals surface area contributed by atoms with E-state index in [9.17, 15) is 5.26 Å². The van der Waals surface area contributed by atoms with Gasteiger partial charge in [0.25, 0.3) is 0 Å². The average molecular weight is 402 g/mol. The molecule has 1 aromatic carbocycles. The fourth-order valence-electron chi connectivity index (χ4n) is 3.94. The first-order chi connectivity index (χ1) is 14.6. The van der Waals surface area contributed by atoms with Gasteiger partial charge in [-0.05, 0) is 24.0 Å². The monoisotopic (exact) mass is 402 g/mol. The van der Waals surface area contributed by atoms with E-state index in [2.05, 4.69) is 20.6 Å². The molecule has 2 heterocycles. The zero-order valence-electron chi connectivity index (χ0n) is 16.4. The van der Waals surface area contributed by atoms with Gasteiger partial charge in [0.2, 0.25) is 5.96 Å². The van der Waals surface area contributed by atoms with Crippen molar-refractivity contribution in [2.24, 2.45) is 4.99 Å². The Morgan fingerprint density at radius 3 is 2.77 bits per heavy atom. The SMILES string of the molecule is N#CNC1=NC(c2cccc(COC3CCCC3)c2)c2c(nc(N)c(C#N)c2N)N1. The van der Waals surface area contributed by atoms with Gasteiger partial charge in [-0.25, -0.2) is 9.98 Å². The molecule has 1 unspecified atom stereocenters. The number of benzene rings is 1. The molecule has 0 spiro atoms. The van der Waals surface area contributed by atoms with Gasteiger partial charge >= 0.3 is 0 Å². The van der Waals surface area contributed by atoms with Crippen LogP contribution in [0.1, 0.15) is 54.0 Å². The van der Waals surface area contributed by atoms with Crippen molar-refractivity contribution in [1.29, 1.82) is 10.5 Å². The molecule has 0 bridgehead atoms. The fraction of sp³-hybridized carbons (Fsp3) is 0.333. The topological polar surface area (TPSA) is 158 Å². The number of nitrogen functional groups attached to an aromatic ring is 2. The minimum atomic E-state index is -0.552. The number of nitrogens with zero attached hydrogens (tertiary/aromatic N) is 4. The summed E-state index contributed by atoms with van der Waals surface area (Å²) in [6.45, 7) is 0.516. The number of rotatable bonds is 4. The number of hydrogen-bond donors (Lipinski definition) is 4. The standard InChI is InChI=1S/C21H22N8O/c22-9-15-17(24)16-18(27-21(26-11-23)29-20(16)28-19(15)25)13-5-3-4-12(8-13)10-30-14-6-1-2-7-14/h3-5,8,14,18H,1-2,6-7,10H2,(H6,24,25,26,27,28,29). The first-order valence-corrected chi connectivity index (χ1v) is 9.80. The Hall–Kier alpha value is -3.82. The van der Waals surface area contributed by atoms with Crippen LogP contribution in [0, 0.1) is 22.8 Å². The highest BCUT2D eigenvalue weighted by atomic mass is 16.5. The van der Waals surface area contributed by atoms with Crippen molar-refractivity contribution in [1.82, 2.24) is 10.3 Å². The van der Waals surface area contributed by atoms with Crippen LogP contribution >= 0.6 is 0 Å². The highest BCUT2D eigenvalue weighted by Gasteiger charge is 2.29. The fourth-order valence-corrected chi connectivity index (χ4v) is 3.94. The van der Waals surface area contributed by atoms with Gasteiger partial charge in [-0.1, -0.05) is 37.1 Å². The van der Waals surface area contributed by atoms with Crippen LogP contribution in [0.5, 0.6) is 0 Å². The van der Waals surface area contributed by atoms with Crippen molar-refractivity contribution < 1.29 is 4.74 Å². The summed E-state index contributed by atoms with van der Waals surface area (Å²) in [5.74, 6) is 0.630. The second-order valence-electron chi connectivity index (χ2n) is 7.36. The molecule has 0 radical (unpaired) electrons. The number of ether oxygens (including phenoxy) is 1. The maximum absolute atomic E-state index is 9.43. The minimum Gasteiger partial charge on any atom is -0.397 e. The molecule has 0 saturated heterocycles. The van der Waals surface area contributed by atoms with Crippen LogP contribution < -0.4 is 22.1 Å². The van der Waals surface area contributed by atoms with E-state index in [1.165, 1.54) is 12.8 Å². The highest BCUT2D eigenvalue weighted by Crippen LogP contribution is 2.40. The molecule has 0 amide bonds. The minimum absolute atomic E-state index is 0.0249. The van der Waals surface area contributed by atoms with Gasteiger partial charge < -0.3 is 21.5 Å². The molecule has 6 N–H and O–H groups in total. The first kappa shape index (κ1) is 19.5. The third-order valence-electron chi connectivity index (χ3n) is 5.41. The lowest BCUT2D eigenvalue weighted by Crippen LogP contribution is -2.32. The van der Waals surface area contributed by atoms with Crippen LogP contribution in [-0.4, -0.2) is 17.0 Å². The zero-order valence-corrected chi connectivity index (χ0v) is 16.4. The summed E-state index contributed by atoms with van der Waals surface area (Å²) in [5.41, 5.74) is 14.9. The molecule has 1 saturated carbocycles. The maximum atomic E-state index is 9.43. The van der Waals surface area contributed by atoms with Crippen molar-refractivity contribution in [2.75, 3.05) is 16.8 Å². The predicted molar refractivity (Wildman–Crippen MR) is 113 cm³/mol. The normalized spacial score (nSPS) is 17.9. The Kier molecular flexibility index (Phi) is 5.38. The lowest BCUT2D eigenvalue weighted by atomic mass is 9.94. The molecule has 1 atom stereocenters. The summed E-state index contributed by atoms with van der Waals surface area (Å²) in [7, 11) is 0. The second-order valence-corrected chi connectivity index (χ2v) is 7.36. The molecule has 30 heavy (non-hydrogen) atoms. The van der Waals surface area contributed by atoms with Crippen LogP contribution in [0.3, 0.4) is 0 Å². The largest absolute Gasteiger partial charge is 0.397 e. The number of fused-ring (bicyclic) bond motifs is 1. The van der Waals surface area contributed by atoms with E-state index in [-0.39, 0.29) is 23.0 Å². The van der Waals surface area contributed by atoms with Crippen molar-refractivity contribution >= 4 is 23.3 Å². The van der Waals surface area contributed by atoms with Crippen molar-refractivity contribution in [3.05, 3.63) is 46.5 Å². The third-order valence-corrected chi connectivity index (χ3v) is 5.41. The van der Waals surface area contributed by atoms with Gasteiger partial charge in [-0.3, -0.25) is 5.32 Å². The molecule has 2 aliphatic rings. The molecule has 2 aromatic rings. The first-order valence-electron chi connectivity index (χ1n) is 9.80. The quantitative estimate of drug-likeness (QED) is 0.448. The number of anilines is 3. The summed E-state index contributed by atoms with van der Waals surface area (Å²) < 4.78 is 6.04. The van der Waals surface area contributed by atoms with E-state index in [0.29, 0.717) is 24.1 Å². The number of aliphatic imine (C=N–C) groups is 1. The van der Waals surface area contributed by atoms with Crippen molar-refractivity contribution in [3.63, 3.8) is 0 Å². The molecular formula is C21H22N8O. The van der Waals surface area contributed by atoms with Gasteiger partial charge in [0.05, 0.1) is 18.4 Å². The van der Waals surface area contributed by atoms with E-state index in [1.807, 2.05) is 36.5 Å². The van der Waals surface area contributed by atoms with E-state index in [0.717, 1.165) is 24.0 Å². The molecule has 1 aliphatic heterocycles. The molecule has 9 nitrogen and oxygen atoms in total. The molecule has 1 fully saturated rings. The maximum Gasteiger partial charge on any atom is 0.211 e. The van der Waals surface area contributed by atoms with Crippen molar-refractivity contribution in [2.45, 2.75) is 44.4 Å². The summed E-state index contributed by atoms with van der Waals surface area (Å²) in [4.78, 5) is 8.86. The number of nitrogens with one attached hydrogen (secondary N) is 2. The van der Waals surface area contributed by atoms with Crippen molar-refractivity contribution in [3.8, 4) is 12.3 Å². The number of pyridine rings is 1. The summed E-state index contributed by atoms with van der Waals surface area (Å²) in [6.07, 6.45) is 6.82. The smallest absolute Gasteiger partial charge is 0.211 e. The van der Waals surface area contributed by atoms with Gasteiger partial charge in [0.15, 0.2) is 6.19 Å². The molecule has 9 heteroatoms.